The van der Waals surface area contributed by atoms with Gasteiger partial charge in [0, 0.05) is 32.7 Å². The van der Waals surface area contributed by atoms with Gasteiger partial charge < -0.3 is 4.74 Å². The van der Waals surface area contributed by atoms with E-state index < -0.39 is 21.9 Å². The van der Waals surface area contributed by atoms with Crippen LogP contribution in [0.25, 0.3) is 10.2 Å². The second-order valence-corrected chi connectivity index (χ2v) is 12.8. The number of anilines is 1. The Morgan fingerprint density at radius 3 is 2.63 bits per heavy atom. The molecule has 3 heterocycles. The third-order valence-electron chi connectivity index (χ3n) is 7.17. The molecule has 1 amide bonds. The first kappa shape index (κ1) is 27.1. The molecule has 2 aliphatic heterocycles. The van der Waals surface area contributed by atoms with Crippen molar-refractivity contribution >= 4 is 42.6 Å². The number of aromatic nitrogens is 1. The Hall–Kier alpha value is -2.44. The van der Waals surface area contributed by atoms with Crippen molar-refractivity contribution < 1.29 is 22.3 Å². The number of aryl methyl sites for hydroxylation is 2. The van der Waals surface area contributed by atoms with Gasteiger partial charge in [-0.1, -0.05) is 17.4 Å². The van der Waals surface area contributed by atoms with Crippen molar-refractivity contribution in [3.05, 3.63) is 53.3 Å². The molecule has 3 aromatic rings. The SMILES string of the molecule is Cc1cc(C)c2sc(N(CCCN3CCOCC3)C(=O)C3CCCN3S(=O)(=O)c3ccc(F)cc3)nc2c1. The van der Waals surface area contributed by atoms with Crippen molar-refractivity contribution in [2.75, 3.05) is 50.8 Å². The topological polar surface area (TPSA) is 83.0 Å². The van der Waals surface area contributed by atoms with Crippen LogP contribution >= 0.6 is 11.3 Å². The standard InChI is InChI=1S/C27H33FN4O4S2/c1-19-17-20(2)25-23(18-19)29-27(37-25)31(11-4-10-30-13-15-36-16-14-30)26(33)24-5-3-12-32(24)38(34,35)22-8-6-21(28)7-9-22/h6-9,17-18,24H,3-5,10-16H2,1-2H3. The van der Waals surface area contributed by atoms with Crippen LogP contribution in [-0.2, 0) is 19.6 Å². The number of thiazole rings is 1. The lowest BCUT2D eigenvalue weighted by Crippen LogP contribution is -2.48. The lowest BCUT2D eigenvalue weighted by molar-refractivity contribution is -0.121. The Kier molecular flexibility index (Phi) is 8.11. The highest BCUT2D eigenvalue weighted by Gasteiger charge is 2.42. The summed E-state index contributed by atoms with van der Waals surface area (Å²) in [7, 11) is -3.96. The van der Waals surface area contributed by atoms with E-state index in [-0.39, 0.29) is 17.3 Å². The van der Waals surface area contributed by atoms with Crippen LogP contribution in [0.2, 0.25) is 0 Å². The summed E-state index contributed by atoms with van der Waals surface area (Å²) >= 11 is 1.47. The first-order chi connectivity index (χ1) is 18.2. The number of morpholine rings is 1. The Morgan fingerprint density at radius 2 is 1.89 bits per heavy atom. The van der Waals surface area contributed by atoms with E-state index in [0.717, 1.165) is 59.5 Å². The predicted octanol–water partition coefficient (Wildman–Crippen LogP) is 3.96. The van der Waals surface area contributed by atoms with E-state index in [4.69, 9.17) is 9.72 Å². The molecule has 1 aromatic heterocycles. The van der Waals surface area contributed by atoms with Crippen molar-refractivity contribution in [2.24, 2.45) is 0 Å². The number of hydrogen-bond acceptors (Lipinski definition) is 7. The van der Waals surface area contributed by atoms with Crippen LogP contribution in [0.15, 0.2) is 41.3 Å². The first-order valence-corrected chi connectivity index (χ1v) is 15.3. The van der Waals surface area contributed by atoms with E-state index in [0.29, 0.717) is 37.7 Å². The first-order valence-electron chi connectivity index (χ1n) is 13.0. The molecule has 0 aliphatic carbocycles. The Balaban J connectivity index is 1.43. The average molecular weight is 561 g/mol. The zero-order valence-electron chi connectivity index (χ0n) is 21.7. The summed E-state index contributed by atoms with van der Waals surface area (Å²) in [4.78, 5) is 22.9. The number of nitrogens with zero attached hydrogens (tertiary/aromatic N) is 4. The Morgan fingerprint density at radius 1 is 1.16 bits per heavy atom. The fraction of sp³-hybridized carbons (Fsp3) is 0.481. The van der Waals surface area contributed by atoms with E-state index in [1.54, 1.807) is 4.90 Å². The van der Waals surface area contributed by atoms with Gasteiger partial charge in [0.25, 0.3) is 0 Å². The number of carbonyl (C=O) groups excluding carboxylic acids is 1. The van der Waals surface area contributed by atoms with Crippen molar-refractivity contribution in [2.45, 2.75) is 44.0 Å². The van der Waals surface area contributed by atoms with Gasteiger partial charge in [0.2, 0.25) is 15.9 Å². The maximum atomic E-state index is 14.1. The van der Waals surface area contributed by atoms with Crippen molar-refractivity contribution in [3.8, 4) is 0 Å². The molecule has 2 saturated heterocycles. The molecule has 0 spiro atoms. The van der Waals surface area contributed by atoms with E-state index in [1.165, 1.54) is 27.8 Å². The van der Waals surface area contributed by atoms with Crippen LogP contribution in [0, 0.1) is 19.7 Å². The van der Waals surface area contributed by atoms with Crippen LogP contribution in [0.3, 0.4) is 0 Å². The van der Waals surface area contributed by atoms with E-state index in [2.05, 4.69) is 11.0 Å². The highest BCUT2D eigenvalue weighted by Crippen LogP contribution is 2.34. The summed E-state index contributed by atoms with van der Waals surface area (Å²) in [6.07, 6.45) is 1.75. The minimum Gasteiger partial charge on any atom is -0.379 e. The third-order valence-corrected chi connectivity index (χ3v) is 10.3. The average Bonchev–Trinajstić information content (AvgIpc) is 3.55. The number of fused-ring (bicyclic) bond motifs is 1. The number of hydrogen-bond donors (Lipinski definition) is 0. The van der Waals surface area contributed by atoms with Crippen molar-refractivity contribution in [1.82, 2.24) is 14.2 Å². The Labute approximate surface area is 227 Å². The lowest BCUT2D eigenvalue weighted by atomic mass is 10.1. The van der Waals surface area contributed by atoms with Crippen LogP contribution in [0.4, 0.5) is 9.52 Å². The van der Waals surface area contributed by atoms with Crippen LogP contribution in [-0.4, -0.2) is 80.5 Å². The van der Waals surface area contributed by atoms with Crippen LogP contribution < -0.4 is 4.90 Å². The minimum atomic E-state index is -3.96. The summed E-state index contributed by atoms with van der Waals surface area (Å²) in [5, 5.41) is 0.590. The molecule has 0 radical (unpaired) electrons. The molecule has 38 heavy (non-hydrogen) atoms. The smallest absolute Gasteiger partial charge is 0.247 e. The van der Waals surface area contributed by atoms with Crippen molar-refractivity contribution in [1.29, 1.82) is 0 Å². The predicted molar refractivity (Wildman–Crippen MR) is 147 cm³/mol. The van der Waals surface area contributed by atoms with Crippen molar-refractivity contribution in [3.63, 3.8) is 0 Å². The van der Waals surface area contributed by atoms with Gasteiger partial charge in [-0.3, -0.25) is 14.6 Å². The quantitative estimate of drug-likeness (QED) is 0.415. The monoisotopic (exact) mass is 560 g/mol. The Bertz CT molecular complexity index is 1400. The normalized spacial score (nSPS) is 19.3. The molecule has 2 aliphatic rings. The van der Waals surface area contributed by atoms with Gasteiger partial charge >= 0.3 is 0 Å². The summed E-state index contributed by atoms with van der Waals surface area (Å²) in [5.74, 6) is -0.769. The third kappa shape index (κ3) is 5.62. The van der Waals surface area contributed by atoms with Gasteiger partial charge in [0.1, 0.15) is 11.9 Å². The molecule has 1 atom stereocenters. The maximum absolute atomic E-state index is 14.1. The molecule has 204 valence electrons. The highest BCUT2D eigenvalue weighted by atomic mass is 32.2. The molecule has 2 aromatic carbocycles. The summed E-state index contributed by atoms with van der Waals surface area (Å²) in [5.41, 5.74) is 3.05. The van der Waals surface area contributed by atoms with E-state index >= 15 is 0 Å². The maximum Gasteiger partial charge on any atom is 0.247 e. The largest absolute Gasteiger partial charge is 0.379 e. The fourth-order valence-electron chi connectivity index (χ4n) is 5.25. The number of ether oxygens (including phenoxy) is 1. The number of carbonyl (C=O) groups is 1. The second-order valence-electron chi connectivity index (χ2n) is 9.95. The van der Waals surface area contributed by atoms with Gasteiger partial charge in [-0.2, -0.15) is 4.31 Å². The summed E-state index contributed by atoms with van der Waals surface area (Å²) in [6.45, 7) is 8.70. The number of sulfonamides is 1. The zero-order chi connectivity index (χ0) is 26.9. The van der Waals surface area contributed by atoms with Crippen LogP contribution in [0.5, 0.6) is 0 Å². The number of halogens is 1. The van der Waals surface area contributed by atoms with Crippen LogP contribution in [0.1, 0.15) is 30.4 Å². The summed E-state index contributed by atoms with van der Waals surface area (Å²) < 4.78 is 48.1. The van der Waals surface area contributed by atoms with Gasteiger partial charge in [0.05, 0.1) is 28.3 Å². The number of benzene rings is 2. The molecular formula is C27H33FN4O4S2. The van der Waals surface area contributed by atoms with E-state index in [9.17, 15) is 17.6 Å². The molecule has 5 rings (SSSR count). The molecule has 1 unspecified atom stereocenters. The molecule has 0 saturated carbocycles. The fourth-order valence-corrected chi connectivity index (χ4v) is 7.95. The molecule has 11 heteroatoms. The molecule has 8 nitrogen and oxygen atoms in total. The van der Waals surface area contributed by atoms with E-state index in [1.807, 2.05) is 19.9 Å². The van der Waals surface area contributed by atoms with Gasteiger partial charge in [-0.25, -0.2) is 17.8 Å². The highest BCUT2D eigenvalue weighted by molar-refractivity contribution is 7.89. The molecule has 2 fully saturated rings. The second kappa shape index (κ2) is 11.4. The van der Waals surface area contributed by atoms with Gasteiger partial charge in [-0.05, 0) is 74.6 Å². The van der Waals surface area contributed by atoms with Gasteiger partial charge in [-0.15, -0.1) is 0 Å². The molecular weight excluding hydrogens is 527 g/mol. The summed E-state index contributed by atoms with van der Waals surface area (Å²) in [6, 6.07) is 8.05. The number of rotatable bonds is 8. The molecule has 0 bridgehead atoms. The minimum absolute atomic E-state index is 0.0106. The molecule has 0 N–H and O–H groups in total. The van der Waals surface area contributed by atoms with Gasteiger partial charge in [0.15, 0.2) is 5.13 Å². The number of amides is 1. The zero-order valence-corrected chi connectivity index (χ0v) is 23.4. The lowest BCUT2D eigenvalue weighted by Gasteiger charge is -2.30.